The molecule has 6 nitrogen and oxygen atoms in total. The highest BCUT2D eigenvalue weighted by molar-refractivity contribution is 6.17. The Morgan fingerprint density at radius 1 is 1.12 bits per heavy atom. The molecule has 2 aromatic carbocycles. The summed E-state index contributed by atoms with van der Waals surface area (Å²) in [5.74, 6) is 2.65. The lowest BCUT2D eigenvalue weighted by Gasteiger charge is -2.13. The third-order valence-electron chi connectivity index (χ3n) is 5.24. The van der Waals surface area contributed by atoms with E-state index in [-0.39, 0.29) is 5.92 Å². The summed E-state index contributed by atoms with van der Waals surface area (Å²) in [7, 11) is 1.66. The van der Waals surface area contributed by atoms with Gasteiger partial charge >= 0.3 is 0 Å². The minimum Gasteiger partial charge on any atom is -0.495 e. The van der Waals surface area contributed by atoms with Crippen molar-refractivity contribution in [3.8, 4) is 11.4 Å². The van der Waals surface area contributed by atoms with E-state index in [4.69, 9.17) is 20.8 Å². The van der Waals surface area contributed by atoms with Gasteiger partial charge in [-0.2, -0.15) is 0 Å². The molecule has 32 heavy (non-hydrogen) atoms. The molecule has 0 saturated carbocycles. The molecule has 1 unspecified atom stereocenters. The van der Waals surface area contributed by atoms with E-state index in [0.717, 1.165) is 29.1 Å². The summed E-state index contributed by atoms with van der Waals surface area (Å²) in [4.78, 5) is 4.28. The largest absolute Gasteiger partial charge is 0.495 e. The van der Waals surface area contributed by atoms with E-state index in [1.807, 2.05) is 66.2 Å². The topological polar surface area (TPSA) is 66.0 Å². The van der Waals surface area contributed by atoms with Crippen molar-refractivity contribution in [2.75, 3.05) is 13.0 Å². The van der Waals surface area contributed by atoms with Gasteiger partial charge in [0.1, 0.15) is 5.75 Å². The van der Waals surface area contributed by atoms with Crippen LogP contribution in [-0.4, -0.2) is 32.7 Å². The van der Waals surface area contributed by atoms with Crippen LogP contribution in [0.3, 0.4) is 0 Å². The van der Waals surface area contributed by atoms with Crippen molar-refractivity contribution < 1.29 is 9.15 Å². The Bertz CT molecular complexity index is 1180. The lowest BCUT2D eigenvalue weighted by Crippen LogP contribution is -2.04. The Labute approximate surface area is 192 Å². The molecular formula is C25H25ClN4O2. The molecule has 4 aromatic rings. The SMILES string of the molecule is COc1cc(/C=C/c2nnc(CC(CCCl)c3ccccc3)o2)ccc1-n1cnc(C)c1. The van der Waals surface area contributed by atoms with Gasteiger partial charge in [0.05, 0.1) is 24.8 Å². The monoisotopic (exact) mass is 448 g/mol. The molecule has 0 saturated heterocycles. The fourth-order valence-electron chi connectivity index (χ4n) is 3.60. The van der Waals surface area contributed by atoms with Crippen molar-refractivity contribution >= 4 is 23.8 Å². The van der Waals surface area contributed by atoms with Crippen LogP contribution in [0.1, 0.15) is 40.9 Å². The van der Waals surface area contributed by atoms with Crippen LogP contribution in [0.15, 0.2) is 65.5 Å². The normalized spacial score (nSPS) is 12.3. The maximum absolute atomic E-state index is 6.02. The number of benzene rings is 2. The molecule has 1 atom stereocenters. The Hall–Kier alpha value is -3.38. The second-order valence-corrected chi connectivity index (χ2v) is 7.89. The van der Waals surface area contributed by atoms with E-state index in [2.05, 4.69) is 27.3 Å². The molecule has 0 aliphatic carbocycles. The van der Waals surface area contributed by atoms with Crippen molar-refractivity contribution in [1.29, 1.82) is 0 Å². The minimum atomic E-state index is 0.245. The molecule has 4 rings (SSSR count). The molecule has 0 fully saturated rings. The van der Waals surface area contributed by atoms with Gasteiger partial charge in [-0.15, -0.1) is 21.8 Å². The highest BCUT2D eigenvalue weighted by Crippen LogP contribution is 2.26. The van der Waals surface area contributed by atoms with Gasteiger partial charge in [-0.3, -0.25) is 0 Å². The fourth-order valence-corrected chi connectivity index (χ4v) is 3.87. The zero-order chi connectivity index (χ0) is 22.3. The van der Waals surface area contributed by atoms with Crippen LogP contribution in [0, 0.1) is 6.92 Å². The number of alkyl halides is 1. The van der Waals surface area contributed by atoms with Crippen LogP contribution in [0.5, 0.6) is 5.75 Å². The van der Waals surface area contributed by atoms with E-state index in [1.165, 1.54) is 5.56 Å². The second-order valence-electron chi connectivity index (χ2n) is 7.51. The third kappa shape index (κ3) is 5.26. The van der Waals surface area contributed by atoms with E-state index >= 15 is 0 Å². The molecule has 0 radical (unpaired) electrons. The molecular weight excluding hydrogens is 424 g/mol. The van der Waals surface area contributed by atoms with Gasteiger partial charge in [-0.05, 0) is 48.6 Å². The number of hydrogen-bond acceptors (Lipinski definition) is 5. The predicted octanol–water partition coefficient (Wildman–Crippen LogP) is 5.70. The smallest absolute Gasteiger partial charge is 0.240 e. The highest BCUT2D eigenvalue weighted by Gasteiger charge is 2.16. The summed E-state index contributed by atoms with van der Waals surface area (Å²) < 4.78 is 13.4. The number of hydrogen-bond donors (Lipinski definition) is 0. The van der Waals surface area contributed by atoms with Crippen molar-refractivity contribution in [3.63, 3.8) is 0 Å². The number of rotatable bonds is 9. The molecule has 0 N–H and O–H groups in total. The first-order valence-electron chi connectivity index (χ1n) is 10.5. The molecule has 0 bridgehead atoms. The number of aromatic nitrogens is 4. The van der Waals surface area contributed by atoms with Gasteiger partial charge in [0.2, 0.25) is 11.8 Å². The van der Waals surface area contributed by atoms with Crippen molar-refractivity contribution in [3.05, 3.63) is 89.7 Å². The number of aryl methyl sites for hydroxylation is 1. The average Bonchev–Trinajstić information content (AvgIpc) is 3.46. The standard InChI is InChI=1S/C25H25ClN4O2/c1-18-16-30(17-27-18)22-10-8-19(14-23(22)31-2)9-11-24-28-29-25(32-24)15-21(12-13-26)20-6-4-3-5-7-20/h3-11,14,16-17,21H,12-13,15H2,1-2H3/b11-9+. The fraction of sp³-hybridized carbons (Fsp3) is 0.240. The molecule has 0 aliphatic rings. The molecule has 0 amide bonds. The van der Waals surface area contributed by atoms with Crippen LogP contribution in [-0.2, 0) is 6.42 Å². The summed E-state index contributed by atoms with van der Waals surface area (Å²) in [5.41, 5.74) is 4.07. The number of imidazole rings is 1. The summed E-state index contributed by atoms with van der Waals surface area (Å²) in [6.45, 7) is 1.95. The maximum atomic E-state index is 6.02. The number of halogens is 1. The molecule has 0 aliphatic heterocycles. The van der Waals surface area contributed by atoms with Crippen LogP contribution < -0.4 is 4.74 Å². The average molecular weight is 449 g/mol. The van der Waals surface area contributed by atoms with Crippen molar-refractivity contribution in [2.24, 2.45) is 0 Å². The predicted molar refractivity (Wildman–Crippen MR) is 126 cm³/mol. The van der Waals surface area contributed by atoms with Gasteiger partial charge in [-0.25, -0.2) is 4.98 Å². The molecule has 2 heterocycles. The first-order valence-corrected chi connectivity index (χ1v) is 11.0. The number of methoxy groups -OCH3 is 1. The highest BCUT2D eigenvalue weighted by atomic mass is 35.5. The molecule has 164 valence electrons. The summed E-state index contributed by atoms with van der Waals surface area (Å²) >= 11 is 6.02. The van der Waals surface area contributed by atoms with E-state index < -0.39 is 0 Å². The van der Waals surface area contributed by atoms with Crippen LogP contribution >= 0.6 is 11.6 Å². The van der Waals surface area contributed by atoms with Gasteiger partial charge in [-0.1, -0.05) is 36.4 Å². The van der Waals surface area contributed by atoms with E-state index in [0.29, 0.717) is 24.1 Å². The van der Waals surface area contributed by atoms with Crippen LogP contribution in [0.2, 0.25) is 0 Å². The van der Waals surface area contributed by atoms with Crippen LogP contribution in [0.25, 0.3) is 17.8 Å². The molecule has 0 spiro atoms. The zero-order valence-electron chi connectivity index (χ0n) is 18.1. The molecule has 2 aromatic heterocycles. The van der Waals surface area contributed by atoms with Gasteiger partial charge in [0.25, 0.3) is 0 Å². The summed E-state index contributed by atoms with van der Waals surface area (Å²) in [6.07, 6.45) is 8.98. The van der Waals surface area contributed by atoms with Crippen LogP contribution in [0.4, 0.5) is 0 Å². The maximum Gasteiger partial charge on any atom is 0.240 e. The van der Waals surface area contributed by atoms with Crippen molar-refractivity contribution in [2.45, 2.75) is 25.7 Å². The lowest BCUT2D eigenvalue weighted by atomic mass is 9.93. The van der Waals surface area contributed by atoms with Gasteiger partial charge < -0.3 is 13.7 Å². The summed E-state index contributed by atoms with van der Waals surface area (Å²) in [5, 5.41) is 8.39. The first-order chi connectivity index (χ1) is 15.7. The second kappa shape index (κ2) is 10.3. The minimum absolute atomic E-state index is 0.245. The Kier molecular flexibility index (Phi) is 7.02. The van der Waals surface area contributed by atoms with E-state index in [1.54, 1.807) is 13.4 Å². The van der Waals surface area contributed by atoms with Gasteiger partial charge in [0.15, 0.2) is 0 Å². The quantitative estimate of drug-likeness (QED) is 0.307. The van der Waals surface area contributed by atoms with Gasteiger partial charge in [0, 0.05) is 24.6 Å². The lowest BCUT2D eigenvalue weighted by molar-refractivity contribution is 0.413. The van der Waals surface area contributed by atoms with E-state index in [9.17, 15) is 0 Å². The Balaban J connectivity index is 1.47. The third-order valence-corrected chi connectivity index (χ3v) is 5.46. The Morgan fingerprint density at radius 3 is 2.69 bits per heavy atom. The Morgan fingerprint density at radius 2 is 1.97 bits per heavy atom. The summed E-state index contributed by atoms with van der Waals surface area (Å²) in [6, 6.07) is 16.3. The van der Waals surface area contributed by atoms with Crippen molar-refractivity contribution in [1.82, 2.24) is 19.7 Å². The first kappa shape index (κ1) is 21.8. The molecule has 7 heteroatoms. The number of nitrogens with zero attached hydrogens (tertiary/aromatic N) is 4. The zero-order valence-corrected chi connectivity index (χ0v) is 18.9. The number of ether oxygens (including phenoxy) is 1.